The molecule has 1 amide bonds. The summed E-state index contributed by atoms with van der Waals surface area (Å²) in [6, 6.07) is 3.58. The van der Waals surface area contributed by atoms with E-state index < -0.39 is 0 Å². The van der Waals surface area contributed by atoms with Gasteiger partial charge >= 0.3 is 0 Å². The minimum Gasteiger partial charge on any atom is -0.384 e. The van der Waals surface area contributed by atoms with E-state index >= 15 is 0 Å². The number of hydrogen-bond acceptors (Lipinski definition) is 4. The van der Waals surface area contributed by atoms with Crippen molar-refractivity contribution in [3.05, 3.63) is 35.9 Å². The van der Waals surface area contributed by atoms with Crippen molar-refractivity contribution in [1.29, 1.82) is 0 Å². The van der Waals surface area contributed by atoms with E-state index in [0.717, 1.165) is 36.5 Å². The zero-order valence-corrected chi connectivity index (χ0v) is 12.7. The number of rotatable bonds is 6. The maximum Gasteiger partial charge on any atom is 0.274 e. The highest BCUT2D eigenvalue weighted by molar-refractivity contribution is 6.03. The Kier molecular flexibility index (Phi) is 4.92. The SMILES string of the molecule is CCCNc1ccc(C(=O)Nc2cn(C)nc2CC)nc1. The van der Waals surface area contributed by atoms with Crippen LogP contribution < -0.4 is 10.6 Å². The highest BCUT2D eigenvalue weighted by Gasteiger charge is 2.12. The average molecular weight is 287 g/mol. The van der Waals surface area contributed by atoms with Crippen molar-refractivity contribution >= 4 is 17.3 Å². The van der Waals surface area contributed by atoms with Gasteiger partial charge in [-0.25, -0.2) is 4.98 Å². The van der Waals surface area contributed by atoms with E-state index in [4.69, 9.17) is 0 Å². The molecule has 0 aromatic carbocycles. The standard InChI is InChI=1S/C15H21N5O/c1-4-8-16-11-6-7-13(17-9-11)15(21)18-14-10-20(3)19-12(14)5-2/h6-7,9-10,16H,4-5,8H2,1-3H3,(H,18,21). The molecule has 6 nitrogen and oxygen atoms in total. The van der Waals surface area contributed by atoms with Crippen LogP contribution in [0.4, 0.5) is 11.4 Å². The van der Waals surface area contributed by atoms with Crippen LogP contribution in [0.1, 0.15) is 36.5 Å². The summed E-state index contributed by atoms with van der Waals surface area (Å²) in [4.78, 5) is 16.4. The number of nitrogens with zero attached hydrogens (tertiary/aromatic N) is 3. The van der Waals surface area contributed by atoms with Gasteiger partial charge in [0.25, 0.3) is 5.91 Å². The minimum absolute atomic E-state index is 0.222. The highest BCUT2D eigenvalue weighted by atomic mass is 16.1. The van der Waals surface area contributed by atoms with Gasteiger partial charge in [-0.05, 0) is 25.0 Å². The first-order valence-electron chi connectivity index (χ1n) is 7.17. The maximum atomic E-state index is 12.2. The monoisotopic (exact) mass is 287 g/mol. The van der Waals surface area contributed by atoms with Crippen molar-refractivity contribution in [1.82, 2.24) is 14.8 Å². The molecule has 0 radical (unpaired) electrons. The van der Waals surface area contributed by atoms with E-state index in [1.54, 1.807) is 23.1 Å². The maximum absolute atomic E-state index is 12.2. The van der Waals surface area contributed by atoms with Crippen LogP contribution >= 0.6 is 0 Å². The number of carbonyl (C=O) groups excluding carboxylic acids is 1. The molecule has 21 heavy (non-hydrogen) atoms. The smallest absolute Gasteiger partial charge is 0.274 e. The molecule has 0 saturated carbocycles. The van der Waals surface area contributed by atoms with Crippen LogP contribution in [-0.2, 0) is 13.5 Å². The van der Waals surface area contributed by atoms with Crippen molar-refractivity contribution in [2.75, 3.05) is 17.2 Å². The van der Waals surface area contributed by atoms with Crippen molar-refractivity contribution in [2.24, 2.45) is 7.05 Å². The number of amides is 1. The van der Waals surface area contributed by atoms with Crippen LogP contribution in [0.3, 0.4) is 0 Å². The van der Waals surface area contributed by atoms with Gasteiger partial charge in [-0.3, -0.25) is 9.48 Å². The predicted molar refractivity (Wildman–Crippen MR) is 83.6 cm³/mol. The molecule has 0 fully saturated rings. The molecule has 0 aliphatic rings. The Morgan fingerprint density at radius 3 is 2.76 bits per heavy atom. The summed E-state index contributed by atoms with van der Waals surface area (Å²) in [5.41, 5.74) is 2.92. The molecular formula is C15H21N5O. The van der Waals surface area contributed by atoms with Gasteiger partial charge in [0.2, 0.25) is 0 Å². The van der Waals surface area contributed by atoms with Crippen LogP contribution in [0.15, 0.2) is 24.5 Å². The zero-order valence-electron chi connectivity index (χ0n) is 12.7. The molecule has 2 N–H and O–H groups in total. The molecule has 0 bridgehead atoms. The largest absolute Gasteiger partial charge is 0.384 e. The zero-order chi connectivity index (χ0) is 15.2. The topological polar surface area (TPSA) is 71.8 Å². The molecule has 2 aromatic rings. The Labute approximate surface area is 124 Å². The molecular weight excluding hydrogens is 266 g/mol. The number of hydrogen-bond donors (Lipinski definition) is 2. The summed E-state index contributed by atoms with van der Waals surface area (Å²) in [6.07, 6.45) is 5.29. The van der Waals surface area contributed by atoms with Gasteiger partial charge in [0.05, 0.1) is 23.3 Å². The molecule has 0 aliphatic heterocycles. The molecule has 0 spiro atoms. The molecule has 2 aromatic heterocycles. The Bertz CT molecular complexity index is 603. The van der Waals surface area contributed by atoms with Gasteiger partial charge in [-0.2, -0.15) is 5.10 Å². The van der Waals surface area contributed by atoms with Gasteiger partial charge in [-0.15, -0.1) is 0 Å². The molecule has 0 atom stereocenters. The van der Waals surface area contributed by atoms with Crippen LogP contribution in [0.25, 0.3) is 0 Å². The lowest BCUT2D eigenvalue weighted by atomic mass is 10.2. The first-order chi connectivity index (χ1) is 10.1. The van der Waals surface area contributed by atoms with Crippen LogP contribution in [0.2, 0.25) is 0 Å². The second-order valence-electron chi connectivity index (χ2n) is 4.83. The summed E-state index contributed by atoms with van der Waals surface area (Å²) in [6.45, 7) is 4.99. The Balaban J connectivity index is 2.06. The van der Waals surface area contributed by atoms with Crippen LogP contribution in [0, 0.1) is 0 Å². The minimum atomic E-state index is -0.222. The number of carbonyl (C=O) groups is 1. The van der Waals surface area contributed by atoms with Gasteiger partial charge in [0.1, 0.15) is 5.69 Å². The Morgan fingerprint density at radius 1 is 1.33 bits per heavy atom. The number of pyridine rings is 1. The highest BCUT2D eigenvalue weighted by Crippen LogP contribution is 2.15. The van der Waals surface area contributed by atoms with Gasteiger partial charge in [-0.1, -0.05) is 13.8 Å². The van der Waals surface area contributed by atoms with E-state index in [1.165, 1.54) is 0 Å². The molecule has 2 heterocycles. The summed E-state index contributed by atoms with van der Waals surface area (Å²) >= 11 is 0. The predicted octanol–water partition coefficient (Wildman–Crippen LogP) is 2.45. The van der Waals surface area contributed by atoms with Crippen molar-refractivity contribution in [2.45, 2.75) is 26.7 Å². The normalized spacial score (nSPS) is 10.4. The summed E-state index contributed by atoms with van der Waals surface area (Å²) in [5.74, 6) is -0.222. The number of anilines is 2. The van der Waals surface area contributed by atoms with Crippen molar-refractivity contribution < 1.29 is 4.79 Å². The third-order valence-electron chi connectivity index (χ3n) is 3.06. The second kappa shape index (κ2) is 6.88. The first-order valence-corrected chi connectivity index (χ1v) is 7.17. The summed E-state index contributed by atoms with van der Waals surface area (Å²) < 4.78 is 1.69. The van der Waals surface area contributed by atoms with Gasteiger partial charge in [0.15, 0.2) is 0 Å². The third-order valence-corrected chi connectivity index (χ3v) is 3.06. The Hall–Kier alpha value is -2.37. The fraction of sp³-hybridized carbons (Fsp3) is 0.400. The first kappa shape index (κ1) is 15.0. The van der Waals surface area contributed by atoms with Crippen molar-refractivity contribution in [3.8, 4) is 0 Å². The van der Waals surface area contributed by atoms with E-state index in [2.05, 4.69) is 27.6 Å². The second-order valence-corrected chi connectivity index (χ2v) is 4.83. The van der Waals surface area contributed by atoms with Crippen LogP contribution in [-0.4, -0.2) is 27.2 Å². The van der Waals surface area contributed by atoms with E-state index in [0.29, 0.717) is 5.69 Å². The summed E-state index contributed by atoms with van der Waals surface area (Å²) in [5, 5.41) is 10.4. The lowest BCUT2D eigenvalue weighted by Crippen LogP contribution is -2.14. The number of aryl methyl sites for hydroxylation is 2. The fourth-order valence-corrected chi connectivity index (χ4v) is 1.99. The quantitative estimate of drug-likeness (QED) is 0.856. The molecule has 6 heteroatoms. The molecule has 112 valence electrons. The number of nitrogens with one attached hydrogen (secondary N) is 2. The Morgan fingerprint density at radius 2 is 2.14 bits per heavy atom. The average Bonchev–Trinajstić information content (AvgIpc) is 2.85. The van der Waals surface area contributed by atoms with Crippen molar-refractivity contribution in [3.63, 3.8) is 0 Å². The number of aromatic nitrogens is 3. The van der Waals surface area contributed by atoms with E-state index in [1.807, 2.05) is 20.0 Å². The summed E-state index contributed by atoms with van der Waals surface area (Å²) in [7, 11) is 1.83. The van der Waals surface area contributed by atoms with Gasteiger partial charge in [0, 0.05) is 19.8 Å². The lowest BCUT2D eigenvalue weighted by molar-refractivity contribution is 0.102. The molecule has 0 unspecified atom stereocenters. The van der Waals surface area contributed by atoms with E-state index in [-0.39, 0.29) is 5.91 Å². The molecule has 0 saturated heterocycles. The molecule has 0 aliphatic carbocycles. The lowest BCUT2D eigenvalue weighted by Gasteiger charge is -2.06. The van der Waals surface area contributed by atoms with Gasteiger partial charge < -0.3 is 10.6 Å². The fourth-order valence-electron chi connectivity index (χ4n) is 1.99. The van der Waals surface area contributed by atoms with E-state index in [9.17, 15) is 4.79 Å². The third kappa shape index (κ3) is 3.81. The molecule has 2 rings (SSSR count). The van der Waals surface area contributed by atoms with Crippen LogP contribution in [0.5, 0.6) is 0 Å².